The van der Waals surface area contributed by atoms with Crippen LogP contribution >= 0.6 is 0 Å². The number of pyridine rings is 1. The van der Waals surface area contributed by atoms with Crippen molar-refractivity contribution < 1.29 is 4.39 Å². The molecule has 0 bridgehead atoms. The molecule has 1 heterocycles. The molecule has 0 saturated carbocycles. The summed E-state index contributed by atoms with van der Waals surface area (Å²) in [5.74, 6) is -0.257. The predicted molar refractivity (Wildman–Crippen MR) is 79.7 cm³/mol. The third kappa shape index (κ3) is 2.17. The van der Waals surface area contributed by atoms with Crippen LogP contribution in [0.2, 0.25) is 0 Å². The molecule has 2 N–H and O–H groups in total. The number of aromatic nitrogens is 1. The Morgan fingerprint density at radius 2 is 1.85 bits per heavy atom. The topological polar surface area (TPSA) is 38.9 Å². The van der Waals surface area contributed by atoms with Crippen molar-refractivity contribution in [2.75, 3.05) is 0 Å². The molecule has 2 nitrogen and oxygen atoms in total. The second kappa shape index (κ2) is 5.02. The van der Waals surface area contributed by atoms with E-state index in [1.807, 2.05) is 43.3 Å². The van der Waals surface area contributed by atoms with Crippen LogP contribution < -0.4 is 5.73 Å². The molecule has 2 aromatic carbocycles. The number of fused-ring (bicyclic) bond motifs is 1. The maximum absolute atomic E-state index is 14.2. The first-order valence-electron chi connectivity index (χ1n) is 6.56. The van der Waals surface area contributed by atoms with Crippen molar-refractivity contribution in [1.82, 2.24) is 4.98 Å². The van der Waals surface area contributed by atoms with Gasteiger partial charge in [0.05, 0.1) is 5.52 Å². The molecule has 0 aliphatic rings. The fourth-order valence-corrected chi connectivity index (χ4v) is 2.35. The van der Waals surface area contributed by atoms with E-state index in [1.54, 1.807) is 12.3 Å². The van der Waals surface area contributed by atoms with Gasteiger partial charge in [-0.2, -0.15) is 0 Å². The maximum atomic E-state index is 14.2. The lowest BCUT2D eigenvalue weighted by Gasteiger charge is -2.11. The van der Waals surface area contributed by atoms with Crippen molar-refractivity contribution in [1.29, 1.82) is 0 Å². The fourth-order valence-electron chi connectivity index (χ4n) is 2.35. The van der Waals surface area contributed by atoms with Gasteiger partial charge in [-0.15, -0.1) is 0 Å². The van der Waals surface area contributed by atoms with Crippen LogP contribution in [0, 0.1) is 5.82 Å². The third-order valence-corrected chi connectivity index (χ3v) is 3.44. The van der Waals surface area contributed by atoms with Gasteiger partial charge in [0.15, 0.2) is 0 Å². The molecule has 0 radical (unpaired) electrons. The number of nitrogens with zero attached hydrogens (tertiary/aromatic N) is 1. The van der Waals surface area contributed by atoms with E-state index in [4.69, 9.17) is 5.73 Å². The van der Waals surface area contributed by atoms with Crippen molar-refractivity contribution >= 4 is 10.9 Å². The molecule has 0 amide bonds. The Hall–Kier alpha value is -2.26. The van der Waals surface area contributed by atoms with Crippen molar-refractivity contribution in [3.8, 4) is 11.1 Å². The summed E-state index contributed by atoms with van der Waals surface area (Å²) < 4.78 is 14.2. The van der Waals surface area contributed by atoms with Gasteiger partial charge >= 0.3 is 0 Å². The number of para-hydroxylation sites is 1. The zero-order chi connectivity index (χ0) is 14.1. The number of halogens is 1. The molecular weight excluding hydrogens is 251 g/mol. The van der Waals surface area contributed by atoms with E-state index in [9.17, 15) is 4.39 Å². The number of nitrogens with two attached hydrogens (primary N) is 1. The normalized spacial score (nSPS) is 12.6. The van der Waals surface area contributed by atoms with E-state index in [2.05, 4.69) is 4.98 Å². The lowest BCUT2D eigenvalue weighted by molar-refractivity contribution is 0.629. The van der Waals surface area contributed by atoms with Crippen LogP contribution in [-0.2, 0) is 0 Å². The molecule has 0 aliphatic heterocycles. The molecule has 1 atom stereocenters. The van der Waals surface area contributed by atoms with E-state index in [0.29, 0.717) is 5.56 Å². The van der Waals surface area contributed by atoms with Crippen molar-refractivity contribution in [2.24, 2.45) is 5.73 Å². The van der Waals surface area contributed by atoms with Crippen molar-refractivity contribution in [2.45, 2.75) is 13.0 Å². The summed E-state index contributed by atoms with van der Waals surface area (Å²) in [6.45, 7) is 1.89. The van der Waals surface area contributed by atoms with Crippen LogP contribution in [0.3, 0.4) is 0 Å². The Labute approximate surface area is 117 Å². The molecule has 3 aromatic rings. The first-order valence-corrected chi connectivity index (χ1v) is 6.56. The second-order valence-corrected chi connectivity index (χ2v) is 4.91. The first-order chi connectivity index (χ1) is 9.66. The summed E-state index contributed by atoms with van der Waals surface area (Å²) in [7, 11) is 0. The molecular formula is C17H15FN2. The van der Waals surface area contributed by atoms with E-state index >= 15 is 0 Å². The smallest absolute Gasteiger partial charge is 0.131 e. The number of hydrogen-bond acceptors (Lipinski definition) is 2. The summed E-state index contributed by atoms with van der Waals surface area (Å²) in [6.07, 6.45) is 1.72. The molecule has 3 heteroatoms. The van der Waals surface area contributed by atoms with Crippen LogP contribution in [0.4, 0.5) is 4.39 Å². The summed E-state index contributed by atoms with van der Waals surface area (Å²) in [6, 6.07) is 14.5. The Bertz CT molecular complexity index is 761. The first kappa shape index (κ1) is 12.8. The zero-order valence-corrected chi connectivity index (χ0v) is 11.2. The fraction of sp³-hybridized carbons (Fsp3) is 0.118. The van der Waals surface area contributed by atoms with E-state index in [0.717, 1.165) is 22.0 Å². The Morgan fingerprint density at radius 1 is 1.05 bits per heavy atom. The minimum absolute atomic E-state index is 0.128. The monoisotopic (exact) mass is 266 g/mol. The molecule has 3 rings (SSSR count). The van der Waals surface area contributed by atoms with Gasteiger partial charge in [0, 0.05) is 28.8 Å². The van der Waals surface area contributed by atoms with Crippen LogP contribution in [0.25, 0.3) is 22.0 Å². The van der Waals surface area contributed by atoms with E-state index in [-0.39, 0.29) is 11.9 Å². The predicted octanol–water partition coefficient (Wildman–Crippen LogP) is 4.06. The summed E-state index contributed by atoms with van der Waals surface area (Å²) in [4.78, 5) is 4.38. The molecule has 20 heavy (non-hydrogen) atoms. The van der Waals surface area contributed by atoms with Crippen molar-refractivity contribution in [3.63, 3.8) is 0 Å². The molecule has 0 fully saturated rings. The molecule has 1 unspecified atom stereocenters. The van der Waals surface area contributed by atoms with Gasteiger partial charge in [-0.25, -0.2) is 4.39 Å². The highest BCUT2D eigenvalue weighted by Gasteiger charge is 2.11. The van der Waals surface area contributed by atoms with Gasteiger partial charge in [-0.1, -0.05) is 30.3 Å². The Morgan fingerprint density at radius 3 is 2.65 bits per heavy atom. The van der Waals surface area contributed by atoms with Gasteiger partial charge in [0.2, 0.25) is 0 Å². The van der Waals surface area contributed by atoms with Crippen LogP contribution in [-0.4, -0.2) is 4.98 Å². The standard InChI is InChI=1S/C17H15FN2/c1-11(19)13-7-8-16(18)15(10-13)14-6-2-4-12-5-3-9-20-17(12)14/h2-11H,19H2,1H3. The van der Waals surface area contributed by atoms with Gasteiger partial charge in [0.1, 0.15) is 5.82 Å². The van der Waals surface area contributed by atoms with Gasteiger partial charge in [0.25, 0.3) is 0 Å². The minimum atomic E-state index is -0.257. The van der Waals surface area contributed by atoms with Crippen LogP contribution in [0.15, 0.2) is 54.7 Å². The van der Waals surface area contributed by atoms with Crippen molar-refractivity contribution in [3.05, 3.63) is 66.1 Å². The third-order valence-electron chi connectivity index (χ3n) is 3.44. The molecule has 0 aliphatic carbocycles. The minimum Gasteiger partial charge on any atom is -0.324 e. The summed E-state index contributed by atoms with van der Waals surface area (Å²) >= 11 is 0. The van der Waals surface area contributed by atoms with Gasteiger partial charge in [-0.05, 0) is 30.7 Å². The van der Waals surface area contributed by atoms with Gasteiger partial charge in [-0.3, -0.25) is 4.98 Å². The molecule has 0 saturated heterocycles. The molecule has 100 valence electrons. The number of rotatable bonds is 2. The average molecular weight is 266 g/mol. The largest absolute Gasteiger partial charge is 0.324 e. The summed E-state index contributed by atoms with van der Waals surface area (Å²) in [5, 5.41) is 0.996. The SMILES string of the molecule is CC(N)c1ccc(F)c(-c2cccc3cccnc23)c1. The lowest BCUT2D eigenvalue weighted by atomic mass is 9.98. The quantitative estimate of drug-likeness (QED) is 0.759. The van der Waals surface area contributed by atoms with Crippen LogP contribution in [0.1, 0.15) is 18.5 Å². The molecule has 0 spiro atoms. The molecule has 1 aromatic heterocycles. The van der Waals surface area contributed by atoms with E-state index in [1.165, 1.54) is 6.07 Å². The summed E-state index contributed by atoms with van der Waals surface area (Å²) in [5.41, 5.74) is 8.94. The zero-order valence-electron chi connectivity index (χ0n) is 11.2. The van der Waals surface area contributed by atoms with E-state index < -0.39 is 0 Å². The van der Waals surface area contributed by atoms with Crippen LogP contribution in [0.5, 0.6) is 0 Å². The average Bonchev–Trinajstić information content (AvgIpc) is 2.47. The highest BCUT2D eigenvalue weighted by molar-refractivity contribution is 5.93. The lowest BCUT2D eigenvalue weighted by Crippen LogP contribution is -2.05. The highest BCUT2D eigenvalue weighted by Crippen LogP contribution is 2.30. The number of hydrogen-bond donors (Lipinski definition) is 1. The Balaban J connectivity index is 2.28. The second-order valence-electron chi connectivity index (χ2n) is 4.91. The maximum Gasteiger partial charge on any atom is 0.131 e. The Kier molecular flexibility index (Phi) is 3.20. The number of benzene rings is 2. The highest BCUT2D eigenvalue weighted by atomic mass is 19.1. The van der Waals surface area contributed by atoms with Gasteiger partial charge < -0.3 is 5.73 Å².